The largest absolute Gasteiger partial charge is 0.497 e. The molecule has 0 aromatic heterocycles. The quantitative estimate of drug-likeness (QED) is 0.768. The highest BCUT2D eigenvalue weighted by atomic mass is 35.5. The second kappa shape index (κ2) is 4.17. The van der Waals surface area contributed by atoms with E-state index >= 15 is 0 Å². The third-order valence-corrected chi connectivity index (χ3v) is 2.55. The van der Waals surface area contributed by atoms with Crippen molar-refractivity contribution in [3.63, 3.8) is 0 Å². The molecule has 14 heavy (non-hydrogen) atoms. The lowest BCUT2D eigenvalue weighted by atomic mass is 9.85. The summed E-state index contributed by atoms with van der Waals surface area (Å²) < 4.78 is 5.08. The van der Waals surface area contributed by atoms with Crippen molar-refractivity contribution in [1.82, 2.24) is 5.32 Å². The molecule has 0 spiro atoms. The number of methoxy groups -OCH3 is 1. The molecular formula is C10H15ClN2O. The first kappa shape index (κ1) is 11.3. The molecule has 0 aliphatic carbocycles. The van der Waals surface area contributed by atoms with Gasteiger partial charge in [0.2, 0.25) is 0 Å². The van der Waals surface area contributed by atoms with Crippen molar-refractivity contribution in [2.45, 2.75) is 5.54 Å². The first-order valence-electron chi connectivity index (χ1n) is 4.39. The molecule has 1 aromatic rings. The van der Waals surface area contributed by atoms with Crippen LogP contribution in [0.25, 0.3) is 0 Å². The van der Waals surface area contributed by atoms with Gasteiger partial charge in [-0.3, -0.25) is 0 Å². The SMILES string of the molecule is COc1ccc(C2(N)CNC2)cc1.Cl. The molecule has 0 amide bonds. The average molecular weight is 215 g/mol. The maximum absolute atomic E-state index is 6.11. The maximum Gasteiger partial charge on any atom is 0.118 e. The number of benzene rings is 1. The van der Waals surface area contributed by atoms with Crippen LogP contribution in [0.3, 0.4) is 0 Å². The van der Waals surface area contributed by atoms with E-state index in [-0.39, 0.29) is 17.9 Å². The lowest BCUT2D eigenvalue weighted by molar-refractivity contribution is 0.287. The van der Waals surface area contributed by atoms with Crippen molar-refractivity contribution in [3.8, 4) is 5.75 Å². The zero-order valence-corrected chi connectivity index (χ0v) is 8.93. The molecule has 2 rings (SSSR count). The highest BCUT2D eigenvalue weighted by Crippen LogP contribution is 2.24. The van der Waals surface area contributed by atoms with Gasteiger partial charge in [0.15, 0.2) is 0 Å². The molecule has 0 radical (unpaired) electrons. The Hall–Kier alpha value is -0.770. The summed E-state index contributed by atoms with van der Waals surface area (Å²) >= 11 is 0. The summed E-state index contributed by atoms with van der Waals surface area (Å²) in [6.07, 6.45) is 0. The molecule has 1 heterocycles. The first-order valence-corrected chi connectivity index (χ1v) is 4.39. The summed E-state index contributed by atoms with van der Waals surface area (Å²) in [6, 6.07) is 7.95. The van der Waals surface area contributed by atoms with Gasteiger partial charge in [-0.25, -0.2) is 0 Å². The topological polar surface area (TPSA) is 47.3 Å². The Bertz CT molecular complexity index is 295. The molecule has 3 N–H and O–H groups in total. The van der Waals surface area contributed by atoms with E-state index in [1.54, 1.807) is 7.11 Å². The van der Waals surface area contributed by atoms with Gasteiger partial charge in [0.25, 0.3) is 0 Å². The summed E-state index contributed by atoms with van der Waals surface area (Å²) in [6.45, 7) is 1.72. The normalized spacial score (nSPS) is 17.9. The highest BCUT2D eigenvalue weighted by Gasteiger charge is 2.33. The number of nitrogens with one attached hydrogen (secondary N) is 1. The van der Waals surface area contributed by atoms with E-state index in [9.17, 15) is 0 Å². The fraction of sp³-hybridized carbons (Fsp3) is 0.400. The molecule has 0 atom stereocenters. The number of ether oxygens (including phenoxy) is 1. The molecule has 1 aliphatic rings. The minimum Gasteiger partial charge on any atom is -0.497 e. The summed E-state index contributed by atoms with van der Waals surface area (Å²) in [4.78, 5) is 0. The Morgan fingerprint density at radius 1 is 1.29 bits per heavy atom. The molecular weight excluding hydrogens is 200 g/mol. The third kappa shape index (κ3) is 1.85. The molecule has 1 fully saturated rings. The van der Waals surface area contributed by atoms with Crippen LogP contribution >= 0.6 is 12.4 Å². The minimum atomic E-state index is -0.160. The van der Waals surface area contributed by atoms with Gasteiger partial charge in [0.1, 0.15) is 5.75 Å². The smallest absolute Gasteiger partial charge is 0.118 e. The van der Waals surface area contributed by atoms with E-state index in [0.29, 0.717) is 0 Å². The standard InChI is InChI=1S/C10H14N2O.ClH/c1-13-9-4-2-8(3-5-9)10(11)6-12-7-10;/h2-5,12H,6-7,11H2,1H3;1H. The van der Waals surface area contributed by atoms with Gasteiger partial charge >= 0.3 is 0 Å². The summed E-state index contributed by atoms with van der Waals surface area (Å²) in [7, 11) is 1.66. The second-order valence-electron chi connectivity index (χ2n) is 3.49. The summed E-state index contributed by atoms with van der Waals surface area (Å²) in [5.41, 5.74) is 7.13. The molecule has 1 aromatic carbocycles. The fourth-order valence-corrected chi connectivity index (χ4v) is 1.52. The first-order chi connectivity index (χ1) is 6.24. The van der Waals surface area contributed by atoms with Gasteiger partial charge in [0, 0.05) is 13.1 Å². The van der Waals surface area contributed by atoms with Gasteiger partial charge in [0.05, 0.1) is 12.6 Å². The fourth-order valence-electron chi connectivity index (χ4n) is 1.52. The van der Waals surface area contributed by atoms with Gasteiger partial charge in [-0.2, -0.15) is 0 Å². The van der Waals surface area contributed by atoms with Gasteiger partial charge in [-0.1, -0.05) is 12.1 Å². The molecule has 0 unspecified atom stereocenters. The van der Waals surface area contributed by atoms with Crippen molar-refractivity contribution in [1.29, 1.82) is 0 Å². The summed E-state index contributed by atoms with van der Waals surface area (Å²) in [5.74, 6) is 0.875. The van der Waals surface area contributed by atoms with Crippen LogP contribution in [0, 0.1) is 0 Å². The van der Waals surface area contributed by atoms with Crippen molar-refractivity contribution >= 4 is 12.4 Å². The molecule has 1 saturated heterocycles. The summed E-state index contributed by atoms with van der Waals surface area (Å²) in [5, 5.41) is 3.17. The predicted molar refractivity (Wildman–Crippen MR) is 59.0 cm³/mol. The Balaban J connectivity index is 0.000000980. The van der Waals surface area contributed by atoms with Gasteiger partial charge in [-0.15, -0.1) is 12.4 Å². The zero-order valence-electron chi connectivity index (χ0n) is 8.12. The van der Waals surface area contributed by atoms with Gasteiger partial charge in [-0.05, 0) is 17.7 Å². The van der Waals surface area contributed by atoms with E-state index < -0.39 is 0 Å². The highest BCUT2D eigenvalue weighted by molar-refractivity contribution is 5.85. The molecule has 0 bridgehead atoms. The average Bonchev–Trinajstić information content (AvgIpc) is 2.14. The number of nitrogens with two attached hydrogens (primary N) is 1. The minimum absolute atomic E-state index is 0. The van der Waals surface area contributed by atoms with Crippen LogP contribution in [0.1, 0.15) is 5.56 Å². The van der Waals surface area contributed by atoms with E-state index in [4.69, 9.17) is 10.5 Å². The monoisotopic (exact) mass is 214 g/mol. The van der Waals surface area contributed by atoms with E-state index in [0.717, 1.165) is 18.8 Å². The maximum atomic E-state index is 6.11. The number of rotatable bonds is 2. The van der Waals surface area contributed by atoms with Crippen LogP contribution < -0.4 is 15.8 Å². The number of hydrogen-bond acceptors (Lipinski definition) is 3. The molecule has 4 heteroatoms. The van der Waals surface area contributed by atoms with Crippen molar-refractivity contribution in [2.75, 3.05) is 20.2 Å². The Morgan fingerprint density at radius 3 is 2.21 bits per heavy atom. The Morgan fingerprint density at radius 2 is 1.86 bits per heavy atom. The van der Waals surface area contributed by atoms with E-state index in [1.807, 2.05) is 24.3 Å². The van der Waals surface area contributed by atoms with Crippen molar-refractivity contribution in [3.05, 3.63) is 29.8 Å². The van der Waals surface area contributed by atoms with Crippen LogP contribution in [0.15, 0.2) is 24.3 Å². The van der Waals surface area contributed by atoms with Crippen LogP contribution in [0.5, 0.6) is 5.75 Å². The van der Waals surface area contributed by atoms with Crippen LogP contribution in [0.2, 0.25) is 0 Å². The number of hydrogen-bond donors (Lipinski definition) is 2. The molecule has 0 saturated carbocycles. The molecule has 78 valence electrons. The lowest BCUT2D eigenvalue weighted by Gasteiger charge is -2.39. The van der Waals surface area contributed by atoms with Crippen LogP contribution in [0.4, 0.5) is 0 Å². The van der Waals surface area contributed by atoms with Gasteiger partial charge < -0.3 is 15.8 Å². The van der Waals surface area contributed by atoms with E-state index in [1.165, 1.54) is 5.56 Å². The Kier molecular flexibility index (Phi) is 3.37. The molecule has 1 aliphatic heterocycles. The Labute approximate surface area is 90.0 Å². The number of halogens is 1. The van der Waals surface area contributed by atoms with Crippen LogP contribution in [-0.4, -0.2) is 20.2 Å². The van der Waals surface area contributed by atoms with E-state index in [2.05, 4.69) is 5.32 Å². The third-order valence-electron chi connectivity index (χ3n) is 2.55. The zero-order chi connectivity index (χ0) is 9.31. The predicted octanol–water partition coefficient (Wildman–Crippen LogP) is 0.874. The van der Waals surface area contributed by atoms with Crippen molar-refractivity contribution < 1.29 is 4.74 Å². The van der Waals surface area contributed by atoms with Crippen molar-refractivity contribution in [2.24, 2.45) is 5.73 Å². The molecule has 3 nitrogen and oxygen atoms in total. The second-order valence-corrected chi connectivity index (χ2v) is 3.49. The lowest BCUT2D eigenvalue weighted by Crippen LogP contribution is -2.62. The van der Waals surface area contributed by atoms with Crippen LogP contribution in [-0.2, 0) is 5.54 Å².